The number of esters is 1. The molecule has 0 unspecified atom stereocenters. The van der Waals surface area contributed by atoms with Gasteiger partial charge >= 0.3 is 5.97 Å². The predicted molar refractivity (Wildman–Crippen MR) is 88.9 cm³/mol. The molecule has 23 heavy (non-hydrogen) atoms. The van der Waals surface area contributed by atoms with Crippen molar-refractivity contribution in [3.05, 3.63) is 70.3 Å². The molecule has 0 spiro atoms. The zero-order chi connectivity index (χ0) is 16.6. The first-order chi connectivity index (χ1) is 10.8. The smallest absolute Gasteiger partial charge is 0.338 e. The van der Waals surface area contributed by atoms with Crippen LogP contribution in [0.5, 0.6) is 0 Å². The van der Waals surface area contributed by atoms with Crippen molar-refractivity contribution in [1.29, 1.82) is 0 Å². The van der Waals surface area contributed by atoms with Crippen LogP contribution in [0, 0.1) is 0 Å². The molecule has 0 aromatic heterocycles. The number of ether oxygens (including phenoxy) is 1. The maximum absolute atomic E-state index is 12.5. The minimum atomic E-state index is -0.532. The van der Waals surface area contributed by atoms with Gasteiger partial charge in [0.15, 0.2) is 5.78 Å². The Morgan fingerprint density at radius 1 is 0.957 bits per heavy atom. The largest absolute Gasteiger partial charge is 0.456 e. The van der Waals surface area contributed by atoms with Gasteiger partial charge in [-0.1, -0.05) is 30.3 Å². The van der Waals surface area contributed by atoms with Crippen molar-refractivity contribution in [2.24, 2.45) is 0 Å². The molecule has 0 N–H and O–H groups in total. The molecule has 2 aromatic rings. The molecule has 0 amide bonds. The summed E-state index contributed by atoms with van der Waals surface area (Å²) in [5.74, 6) is -0.254. The van der Waals surface area contributed by atoms with Gasteiger partial charge in [0, 0.05) is 12.0 Å². The van der Waals surface area contributed by atoms with Crippen molar-refractivity contribution in [2.75, 3.05) is 0 Å². The summed E-state index contributed by atoms with van der Waals surface area (Å²) < 4.78 is 5.41. The lowest BCUT2D eigenvalue weighted by Crippen LogP contribution is -2.24. The van der Waals surface area contributed by atoms with Crippen LogP contribution in [0.2, 0.25) is 0 Å². The summed E-state index contributed by atoms with van der Waals surface area (Å²) >= 11 is 0. The van der Waals surface area contributed by atoms with E-state index in [-0.39, 0.29) is 11.8 Å². The standard InChI is InChI=1S/C20H20O3/c1-20(2,3)23-19(22)15-9-8-13-10-14-6-4-5-7-17(14)18(21)12-16(13)11-15/h4-9,11H,10,12H2,1-3H3. The second kappa shape index (κ2) is 5.65. The molecule has 118 valence electrons. The van der Waals surface area contributed by atoms with E-state index >= 15 is 0 Å². The fraction of sp³-hybridized carbons (Fsp3) is 0.300. The highest BCUT2D eigenvalue weighted by Gasteiger charge is 2.22. The Kier molecular flexibility index (Phi) is 3.80. The number of Topliss-reactive ketones (excluding diaryl/α,β-unsaturated/α-hetero) is 1. The fourth-order valence-electron chi connectivity index (χ4n) is 2.85. The van der Waals surface area contributed by atoms with E-state index in [0.29, 0.717) is 18.4 Å². The Hall–Kier alpha value is -2.42. The summed E-state index contributed by atoms with van der Waals surface area (Å²) in [4.78, 5) is 24.7. The number of benzene rings is 2. The molecule has 0 heterocycles. The molecule has 3 nitrogen and oxygen atoms in total. The summed E-state index contributed by atoms with van der Waals surface area (Å²) in [5.41, 5.74) is 3.79. The van der Waals surface area contributed by atoms with E-state index in [1.54, 1.807) is 12.1 Å². The van der Waals surface area contributed by atoms with Crippen molar-refractivity contribution in [3.63, 3.8) is 0 Å². The molecule has 0 fully saturated rings. The van der Waals surface area contributed by atoms with Gasteiger partial charge in [-0.3, -0.25) is 4.79 Å². The van der Waals surface area contributed by atoms with Gasteiger partial charge in [-0.2, -0.15) is 0 Å². The molecule has 0 saturated carbocycles. The van der Waals surface area contributed by atoms with Crippen LogP contribution in [0.25, 0.3) is 0 Å². The predicted octanol–water partition coefficient (Wildman–Crippen LogP) is 3.97. The highest BCUT2D eigenvalue weighted by Crippen LogP contribution is 2.26. The second-order valence-electron chi connectivity index (χ2n) is 6.92. The van der Waals surface area contributed by atoms with E-state index in [1.165, 1.54) is 0 Å². The van der Waals surface area contributed by atoms with Crippen molar-refractivity contribution in [3.8, 4) is 0 Å². The molecule has 3 rings (SSSR count). The third kappa shape index (κ3) is 3.34. The highest BCUT2D eigenvalue weighted by molar-refractivity contribution is 6.00. The molecule has 0 atom stereocenters. The summed E-state index contributed by atoms with van der Waals surface area (Å²) in [6.45, 7) is 5.53. The normalized spacial score (nSPS) is 13.8. The van der Waals surface area contributed by atoms with E-state index in [2.05, 4.69) is 0 Å². The van der Waals surface area contributed by atoms with Gasteiger partial charge in [0.2, 0.25) is 0 Å². The van der Waals surface area contributed by atoms with Crippen molar-refractivity contribution in [1.82, 2.24) is 0 Å². The summed E-state index contributed by atoms with van der Waals surface area (Å²) in [6.07, 6.45) is 1.04. The lowest BCUT2D eigenvalue weighted by molar-refractivity contribution is 0.00692. The topological polar surface area (TPSA) is 43.4 Å². The first-order valence-electron chi connectivity index (χ1n) is 7.80. The number of fused-ring (bicyclic) bond motifs is 2. The van der Waals surface area contributed by atoms with Gasteiger partial charge < -0.3 is 4.74 Å². The second-order valence-corrected chi connectivity index (χ2v) is 6.92. The zero-order valence-electron chi connectivity index (χ0n) is 13.7. The lowest BCUT2D eigenvalue weighted by Gasteiger charge is -2.20. The van der Waals surface area contributed by atoms with E-state index < -0.39 is 5.60 Å². The van der Waals surface area contributed by atoms with Crippen LogP contribution in [0.3, 0.4) is 0 Å². The molecule has 1 aliphatic rings. The van der Waals surface area contributed by atoms with Crippen LogP contribution in [0.4, 0.5) is 0 Å². The average molecular weight is 308 g/mol. The lowest BCUT2D eigenvalue weighted by atomic mass is 9.98. The first kappa shape index (κ1) is 15.5. The maximum Gasteiger partial charge on any atom is 0.338 e. The molecule has 0 aliphatic heterocycles. The minimum absolute atomic E-state index is 0.0979. The van der Waals surface area contributed by atoms with Gasteiger partial charge in [-0.25, -0.2) is 4.79 Å². The van der Waals surface area contributed by atoms with Crippen LogP contribution >= 0.6 is 0 Å². The number of hydrogen-bond acceptors (Lipinski definition) is 3. The van der Waals surface area contributed by atoms with E-state index in [1.807, 2.05) is 51.1 Å². The number of rotatable bonds is 1. The van der Waals surface area contributed by atoms with Crippen molar-refractivity contribution in [2.45, 2.75) is 39.2 Å². The molecule has 0 bridgehead atoms. The van der Waals surface area contributed by atoms with Crippen LogP contribution < -0.4 is 0 Å². The average Bonchev–Trinajstić information content (AvgIpc) is 2.61. The van der Waals surface area contributed by atoms with E-state index in [0.717, 1.165) is 22.3 Å². The van der Waals surface area contributed by atoms with Crippen molar-refractivity contribution >= 4 is 11.8 Å². The monoisotopic (exact) mass is 308 g/mol. The number of ketones is 1. The maximum atomic E-state index is 12.5. The summed E-state index contributed by atoms with van der Waals surface area (Å²) in [6, 6.07) is 13.2. The Bertz CT molecular complexity index is 782. The Morgan fingerprint density at radius 2 is 1.70 bits per heavy atom. The fourth-order valence-corrected chi connectivity index (χ4v) is 2.85. The molecule has 0 radical (unpaired) electrons. The Balaban J connectivity index is 1.95. The Morgan fingerprint density at radius 3 is 2.43 bits per heavy atom. The number of hydrogen-bond donors (Lipinski definition) is 0. The summed E-state index contributed by atoms with van der Waals surface area (Å²) in [5, 5.41) is 0. The van der Waals surface area contributed by atoms with Crippen LogP contribution in [-0.4, -0.2) is 17.4 Å². The summed E-state index contributed by atoms with van der Waals surface area (Å²) in [7, 11) is 0. The van der Waals surface area contributed by atoms with Gasteiger partial charge in [0.05, 0.1) is 5.56 Å². The van der Waals surface area contributed by atoms with Crippen LogP contribution in [0.15, 0.2) is 42.5 Å². The SMILES string of the molecule is CC(C)(C)OC(=O)c1ccc2c(c1)CC(=O)c1ccccc1C2. The number of carbonyl (C=O) groups is 2. The van der Waals surface area contributed by atoms with Crippen molar-refractivity contribution < 1.29 is 14.3 Å². The molecule has 3 heteroatoms. The molecule has 1 aliphatic carbocycles. The third-order valence-corrected chi connectivity index (χ3v) is 3.89. The first-order valence-corrected chi connectivity index (χ1v) is 7.80. The Labute approximate surface area is 136 Å². The van der Waals surface area contributed by atoms with E-state index in [4.69, 9.17) is 4.74 Å². The molecular formula is C20H20O3. The molecule has 0 saturated heterocycles. The van der Waals surface area contributed by atoms with E-state index in [9.17, 15) is 9.59 Å². The third-order valence-electron chi connectivity index (χ3n) is 3.89. The van der Waals surface area contributed by atoms with Gasteiger partial charge in [0.1, 0.15) is 5.60 Å². The van der Waals surface area contributed by atoms with Gasteiger partial charge in [-0.15, -0.1) is 0 Å². The number of carbonyl (C=O) groups excluding carboxylic acids is 2. The van der Waals surface area contributed by atoms with Crippen LogP contribution in [-0.2, 0) is 17.6 Å². The van der Waals surface area contributed by atoms with Gasteiger partial charge in [-0.05, 0) is 56.0 Å². The van der Waals surface area contributed by atoms with Crippen LogP contribution in [0.1, 0.15) is 58.2 Å². The molecule has 2 aromatic carbocycles. The quantitative estimate of drug-likeness (QED) is 0.749. The van der Waals surface area contributed by atoms with Gasteiger partial charge in [0.25, 0.3) is 0 Å². The minimum Gasteiger partial charge on any atom is -0.456 e. The highest BCUT2D eigenvalue weighted by atomic mass is 16.6. The molecular weight excluding hydrogens is 288 g/mol. The zero-order valence-corrected chi connectivity index (χ0v) is 13.7.